The molecular formula is C21H28ClN3O3. The van der Waals surface area contributed by atoms with Gasteiger partial charge in [-0.2, -0.15) is 0 Å². The molecule has 6 nitrogen and oxygen atoms in total. The van der Waals surface area contributed by atoms with Gasteiger partial charge in [0.1, 0.15) is 11.3 Å². The standard InChI is InChI=1S/C21H27N3O3.ClH/c1-15-9-13-24(17-7-10-22-11-8-17)21(26)19(15)20(25)23-12-6-16-4-3-5-18(14-16)27-2;/h3-5,9,13-14,17,22H,6-8,10-12H2,1-2H3,(H,23,25);1H. The van der Waals surface area contributed by atoms with Crippen molar-refractivity contribution in [1.82, 2.24) is 15.2 Å². The quantitative estimate of drug-likeness (QED) is 0.774. The summed E-state index contributed by atoms with van der Waals surface area (Å²) in [5.41, 5.74) is 1.85. The van der Waals surface area contributed by atoms with E-state index < -0.39 is 0 Å². The van der Waals surface area contributed by atoms with Crippen LogP contribution >= 0.6 is 12.4 Å². The van der Waals surface area contributed by atoms with Gasteiger partial charge in [0.25, 0.3) is 11.5 Å². The van der Waals surface area contributed by atoms with Gasteiger partial charge in [-0.15, -0.1) is 12.4 Å². The molecule has 2 heterocycles. The molecule has 0 atom stereocenters. The molecule has 2 N–H and O–H groups in total. The van der Waals surface area contributed by atoms with Gasteiger partial charge in [-0.1, -0.05) is 12.1 Å². The molecule has 1 aromatic carbocycles. The number of carbonyl (C=O) groups excluding carboxylic acids is 1. The zero-order valence-corrected chi connectivity index (χ0v) is 17.2. The van der Waals surface area contributed by atoms with Gasteiger partial charge in [-0.25, -0.2) is 0 Å². The van der Waals surface area contributed by atoms with Crippen LogP contribution in [0.2, 0.25) is 0 Å². The Morgan fingerprint density at radius 2 is 2.04 bits per heavy atom. The van der Waals surface area contributed by atoms with Crippen LogP contribution in [0.15, 0.2) is 41.3 Å². The smallest absolute Gasteiger partial charge is 0.263 e. The fourth-order valence-corrected chi connectivity index (χ4v) is 3.53. The molecule has 0 spiro atoms. The molecular weight excluding hydrogens is 378 g/mol. The van der Waals surface area contributed by atoms with Gasteiger partial charge in [0, 0.05) is 18.8 Å². The SMILES string of the molecule is COc1cccc(CCNC(=O)c2c(C)ccn(C3CCNCC3)c2=O)c1.Cl. The molecule has 0 saturated carbocycles. The summed E-state index contributed by atoms with van der Waals surface area (Å²) in [6.45, 7) is 4.07. The third-order valence-electron chi connectivity index (χ3n) is 5.09. The lowest BCUT2D eigenvalue weighted by Crippen LogP contribution is -2.38. The van der Waals surface area contributed by atoms with E-state index in [4.69, 9.17) is 4.74 Å². The number of aryl methyl sites for hydroxylation is 1. The van der Waals surface area contributed by atoms with Crippen LogP contribution in [-0.4, -0.2) is 37.2 Å². The van der Waals surface area contributed by atoms with Gasteiger partial charge in [-0.3, -0.25) is 9.59 Å². The number of ether oxygens (including phenoxy) is 1. The Labute approximate surface area is 171 Å². The van der Waals surface area contributed by atoms with Crippen molar-refractivity contribution in [3.05, 3.63) is 63.6 Å². The number of methoxy groups -OCH3 is 1. The second kappa shape index (κ2) is 10.3. The maximum Gasteiger partial charge on any atom is 0.263 e. The van der Waals surface area contributed by atoms with E-state index in [9.17, 15) is 9.59 Å². The number of nitrogens with zero attached hydrogens (tertiary/aromatic N) is 1. The van der Waals surface area contributed by atoms with E-state index in [1.807, 2.05) is 43.5 Å². The molecule has 28 heavy (non-hydrogen) atoms. The van der Waals surface area contributed by atoms with Gasteiger partial charge in [0.15, 0.2) is 0 Å². The highest BCUT2D eigenvalue weighted by molar-refractivity contribution is 5.95. The third kappa shape index (κ3) is 5.14. The topological polar surface area (TPSA) is 72.4 Å². The van der Waals surface area contributed by atoms with Crippen LogP contribution in [0, 0.1) is 6.92 Å². The van der Waals surface area contributed by atoms with Gasteiger partial charge in [0.05, 0.1) is 7.11 Å². The van der Waals surface area contributed by atoms with Crippen LogP contribution < -0.4 is 20.9 Å². The first-order valence-corrected chi connectivity index (χ1v) is 9.43. The average Bonchev–Trinajstić information content (AvgIpc) is 2.69. The molecule has 1 aliphatic rings. The van der Waals surface area contributed by atoms with E-state index in [1.54, 1.807) is 11.7 Å². The molecule has 2 aromatic rings. The van der Waals surface area contributed by atoms with Crippen molar-refractivity contribution in [2.24, 2.45) is 0 Å². The highest BCUT2D eigenvalue weighted by Gasteiger charge is 2.21. The average molecular weight is 406 g/mol. The van der Waals surface area contributed by atoms with Crippen molar-refractivity contribution in [3.8, 4) is 5.75 Å². The van der Waals surface area contributed by atoms with Crippen molar-refractivity contribution < 1.29 is 9.53 Å². The van der Waals surface area contributed by atoms with Gasteiger partial charge < -0.3 is 19.9 Å². The normalized spacial score (nSPS) is 14.2. The number of carbonyl (C=O) groups is 1. The molecule has 1 aromatic heterocycles. The number of hydrogen-bond acceptors (Lipinski definition) is 4. The predicted molar refractivity (Wildman–Crippen MR) is 113 cm³/mol. The summed E-state index contributed by atoms with van der Waals surface area (Å²) in [7, 11) is 1.63. The van der Waals surface area contributed by atoms with E-state index in [2.05, 4.69) is 10.6 Å². The number of pyridine rings is 1. The monoisotopic (exact) mass is 405 g/mol. The zero-order chi connectivity index (χ0) is 19.2. The first-order chi connectivity index (χ1) is 13.1. The summed E-state index contributed by atoms with van der Waals surface area (Å²) in [4.78, 5) is 25.6. The Morgan fingerprint density at radius 3 is 2.75 bits per heavy atom. The number of halogens is 1. The van der Waals surface area contributed by atoms with Gasteiger partial charge in [0.2, 0.25) is 0 Å². The van der Waals surface area contributed by atoms with Crippen molar-refractivity contribution in [1.29, 1.82) is 0 Å². The Bertz CT molecular complexity index is 860. The number of aromatic nitrogens is 1. The molecule has 3 rings (SSSR count). The van der Waals surface area contributed by atoms with Crippen LogP contribution in [-0.2, 0) is 6.42 Å². The van der Waals surface area contributed by atoms with Crippen molar-refractivity contribution in [2.45, 2.75) is 32.2 Å². The van der Waals surface area contributed by atoms with Crippen molar-refractivity contribution in [3.63, 3.8) is 0 Å². The first-order valence-electron chi connectivity index (χ1n) is 9.43. The molecule has 152 valence electrons. The van der Waals surface area contributed by atoms with Crippen molar-refractivity contribution in [2.75, 3.05) is 26.7 Å². The second-order valence-corrected chi connectivity index (χ2v) is 6.92. The van der Waals surface area contributed by atoms with Crippen LogP contribution in [0.25, 0.3) is 0 Å². The fraction of sp³-hybridized carbons (Fsp3) is 0.429. The highest BCUT2D eigenvalue weighted by Crippen LogP contribution is 2.17. The Hall–Kier alpha value is -2.31. The Balaban J connectivity index is 0.00000280. The van der Waals surface area contributed by atoms with Gasteiger partial charge in [-0.05, 0) is 68.6 Å². The number of piperidine rings is 1. The summed E-state index contributed by atoms with van der Waals surface area (Å²) in [5.74, 6) is 0.492. The van der Waals surface area contributed by atoms with E-state index in [1.165, 1.54) is 0 Å². The maximum atomic E-state index is 12.9. The molecule has 0 bridgehead atoms. The van der Waals surface area contributed by atoms with Crippen molar-refractivity contribution >= 4 is 18.3 Å². The zero-order valence-electron chi connectivity index (χ0n) is 16.4. The molecule has 0 unspecified atom stereocenters. The van der Waals surface area contributed by atoms with Crippen LogP contribution in [0.4, 0.5) is 0 Å². The summed E-state index contributed by atoms with van der Waals surface area (Å²) >= 11 is 0. The number of amides is 1. The Kier molecular flexibility index (Phi) is 8.08. The lowest BCUT2D eigenvalue weighted by Gasteiger charge is -2.25. The summed E-state index contributed by atoms with van der Waals surface area (Å²) in [6, 6.07) is 9.77. The minimum absolute atomic E-state index is 0. The molecule has 1 aliphatic heterocycles. The highest BCUT2D eigenvalue weighted by atomic mass is 35.5. The van der Waals surface area contributed by atoms with Crippen LogP contribution in [0.3, 0.4) is 0 Å². The molecule has 1 saturated heterocycles. The molecule has 0 aliphatic carbocycles. The third-order valence-corrected chi connectivity index (χ3v) is 5.09. The number of nitrogens with one attached hydrogen (secondary N) is 2. The molecule has 0 radical (unpaired) electrons. The lowest BCUT2D eigenvalue weighted by molar-refractivity contribution is 0.0951. The largest absolute Gasteiger partial charge is 0.497 e. The summed E-state index contributed by atoms with van der Waals surface area (Å²) in [5, 5.41) is 6.19. The minimum Gasteiger partial charge on any atom is -0.497 e. The van der Waals surface area contributed by atoms with Crippen LogP contribution in [0.5, 0.6) is 5.75 Å². The van der Waals surface area contributed by atoms with E-state index >= 15 is 0 Å². The van der Waals surface area contributed by atoms with E-state index in [0.717, 1.165) is 37.2 Å². The number of rotatable bonds is 6. The molecule has 1 fully saturated rings. The summed E-state index contributed by atoms with van der Waals surface area (Å²) in [6.07, 6.45) is 4.30. The van der Waals surface area contributed by atoms with Gasteiger partial charge >= 0.3 is 0 Å². The van der Waals surface area contributed by atoms with E-state index in [-0.39, 0.29) is 35.5 Å². The Morgan fingerprint density at radius 1 is 1.29 bits per heavy atom. The van der Waals surface area contributed by atoms with E-state index in [0.29, 0.717) is 18.5 Å². The minimum atomic E-state index is -0.302. The lowest BCUT2D eigenvalue weighted by atomic mass is 10.0. The number of hydrogen-bond donors (Lipinski definition) is 2. The first kappa shape index (κ1) is 22.0. The maximum absolute atomic E-state index is 12.9. The fourth-order valence-electron chi connectivity index (χ4n) is 3.53. The predicted octanol–water partition coefficient (Wildman–Crippen LogP) is 2.48. The van der Waals surface area contributed by atoms with Crippen LogP contribution in [0.1, 0.15) is 40.4 Å². The summed E-state index contributed by atoms with van der Waals surface area (Å²) < 4.78 is 6.94. The molecule has 7 heteroatoms. The second-order valence-electron chi connectivity index (χ2n) is 6.92. The molecule has 1 amide bonds. The number of benzene rings is 1.